The molecule has 0 spiro atoms. The number of carbonyl (C=O) groups is 1. The molecule has 1 unspecified atom stereocenters. The van der Waals surface area contributed by atoms with E-state index < -0.39 is 16.9 Å². The molecule has 0 radical (unpaired) electrons. The van der Waals surface area contributed by atoms with Crippen molar-refractivity contribution in [1.82, 2.24) is 9.55 Å². The van der Waals surface area contributed by atoms with Crippen LogP contribution in [0.1, 0.15) is 36.7 Å². The molecule has 0 aliphatic carbocycles. The van der Waals surface area contributed by atoms with Crippen LogP contribution in [0.4, 0.5) is 0 Å². The van der Waals surface area contributed by atoms with E-state index >= 15 is 0 Å². The Bertz CT molecular complexity index is 897. The molecule has 0 aliphatic rings. The van der Waals surface area contributed by atoms with Crippen molar-refractivity contribution in [2.45, 2.75) is 32.7 Å². The first-order valence-electron chi connectivity index (χ1n) is 7.95. The SMILES string of the molecule is COc1cc(CC(C)(C(C)C)n2ccc(=O)c(C(=O)O)c2)c(I)nc1Cl. The Labute approximate surface area is 170 Å². The maximum atomic E-state index is 11.8. The van der Waals surface area contributed by atoms with E-state index in [4.69, 9.17) is 16.3 Å². The van der Waals surface area contributed by atoms with E-state index in [9.17, 15) is 14.7 Å². The highest BCUT2D eigenvalue weighted by molar-refractivity contribution is 14.1. The summed E-state index contributed by atoms with van der Waals surface area (Å²) in [6.45, 7) is 6.11. The minimum Gasteiger partial charge on any atom is -0.494 e. The number of ether oxygens (including phenoxy) is 1. The number of aromatic nitrogens is 2. The van der Waals surface area contributed by atoms with Crippen molar-refractivity contribution >= 4 is 40.2 Å². The normalized spacial score (nSPS) is 13.5. The van der Waals surface area contributed by atoms with E-state index in [1.165, 1.54) is 19.4 Å². The lowest BCUT2D eigenvalue weighted by Gasteiger charge is -2.37. The van der Waals surface area contributed by atoms with Crippen LogP contribution in [0.5, 0.6) is 5.75 Å². The zero-order valence-electron chi connectivity index (χ0n) is 14.9. The lowest BCUT2D eigenvalue weighted by Crippen LogP contribution is -2.39. The van der Waals surface area contributed by atoms with Crippen molar-refractivity contribution in [2.24, 2.45) is 5.92 Å². The van der Waals surface area contributed by atoms with E-state index in [1.807, 2.05) is 26.8 Å². The molecule has 6 nitrogen and oxygen atoms in total. The molecule has 0 bridgehead atoms. The first kappa shape index (κ1) is 20.7. The maximum Gasteiger partial charge on any atom is 0.341 e. The fourth-order valence-electron chi connectivity index (χ4n) is 2.70. The van der Waals surface area contributed by atoms with Crippen LogP contribution < -0.4 is 10.2 Å². The van der Waals surface area contributed by atoms with Crippen molar-refractivity contribution < 1.29 is 14.6 Å². The smallest absolute Gasteiger partial charge is 0.341 e. The van der Waals surface area contributed by atoms with Crippen molar-refractivity contribution in [2.75, 3.05) is 7.11 Å². The van der Waals surface area contributed by atoms with Gasteiger partial charge in [-0.05, 0) is 53.5 Å². The molecule has 2 aromatic heterocycles. The highest BCUT2D eigenvalue weighted by atomic mass is 127. The molecule has 1 atom stereocenters. The largest absolute Gasteiger partial charge is 0.494 e. The Kier molecular flexibility index (Phi) is 6.33. The number of carboxylic acids is 1. The van der Waals surface area contributed by atoms with Gasteiger partial charge in [0.25, 0.3) is 0 Å². The molecular weight excluding hydrogens is 471 g/mol. The van der Waals surface area contributed by atoms with Crippen LogP contribution in [0.3, 0.4) is 0 Å². The number of carboxylic acid groups (broad SMARTS) is 1. The van der Waals surface area contributed by atoms with Crippen LogP contribution in [0.15, 0.2) is 29.3 Å². The highest BCUT2D eigenvalue weighted by Crippen LogP contribution is 2.34. The van der Waals surface area contributed by atoms with Gasteiger partial charge in [-0.15, -0.1) is 0 Å². The Morgan fingerprint density at radius 3 is 2.69 bits per heavy atom. The van der Waals surface area contributed by atoms with Gasteiger partial charge >= 0.3 is 5.97 Å². The molecule has 0 saturated heterocycles. The number of hydrogen-bond acceptors (Lipinski definition) is 4. The van der Waals surface area contributed by atoms with Crippen LogP contribution in [0.2, 0.25) is 5.15 Å². The van der Waals surface area contributed by atoms with Crippen LogP contribution in [-0.4, -0.2) is 27.7 Å². The minimum atomic E-state index is -1.24. The lowest BCUT2D eigenvalue weighted by molar-refractivity contribution is 0.0693. The third kappa shape index (κ3) is 4.03. The fraction of sp³-hybridized carbons (Fsp3) is 0.389. The molecule has 2 rings (SSSR count). The number of halogens is 2. The van der Waals surface area contributed by atoms with Gasteiger partial charge in [-0.3, -0.25) is 4.79 Å². The molecule has 0 fully saturated rings. The molecule has 0 aliphatic heterocycles. The third-order valence-electron chi connectivity index (χ3n) is 4.72. The molecule has 26 heavy (non-hydrogen) atoms. The average Bonchev–Trinajstić information content (AvgIpc) is 2.57. The summed E-state index contributed by atoms with van der Waals surface area (Å²) in [6, 6.07) is 3.13. The molecule has 2 aromatic rings. The summed E-state index contributed by atoms with van der Waals surface area (Å²) in [7, 11) is 1.53. The molecule has 0 amide bonds. The summed E-state index contributed by atoms with van der Waals surface area (Å²) in [5.74, 6) is -0.608. The van der Waals surface area contributed by atoms with Gasteiger partial charge in [0.05, 0.1) is 7.11 Å². The van der Waals surface area contributed by atoms with Gasteiger partial charge in [-0.1, -0.05) is 25.4 Å². The molecule has 8 heteroatoms. The number of rotatable bonds is 6. The van der Waals surface area contributed by atoms with E-state index in [0.29, 0.717) is 17.3 Å². The van der Waals surface area contributed by atoms with Crippen molar-refractivity contribution in [3.63, 3.8) is 0 Å². The summed E-state index contributed by atoms with van der Waals surface area (Å²) in [4.78, 5) is 27.5. The minimum absolute atomic E-state index is 0.143. The van der Waals surface area contributed by atoms with Gasteiger partial charge in [0.1, 0.15) is 9.26 Å². The number of hydrogen-bond donors (Lipinski definition) is 1. The second-order valence-electron chi connectivity index (χ2n) is 6.56. The van der Waals surface area contributed by atoms with E-state index in [1.54, 1.807) is 10.8 Å². The van der Waals surface area contributed by atoms with Gasteiger partial charge in [-0.25, -0.2) is 9.78 Å². The van der Waals surface area contributed by atoms with Gasteiger partial charge < -0.3 is 14.4 Å². The van der Waals surface area contributed by atoms with Crippen LogP contribution in [-0.2, 0) is 12.0 Å². The lowest BCUT2D eigenvalue weighted by atomic mass is 9.82. The number of methoxy groups -OCH3 is 1. The van der Waals surface area contributed by atoms with E-state index in [0.717, 1.165) is 9.26 Å². The van der Waals surface area contributed by atoms with Crippen molar-refractivity contribution in [3.05, 3.63) is 54.7 Å². The highest BCUT2D eigenvalue weighted by Gasteiger charge is 2.32. The Hall–Kier alpha value is -1.61. The monoisotopic (exact) mass is 490 g/mol. The van der Waals surface area contributed by atoms with Crippen molar-refractivity contribution in [1.29, 1.82) is 0 Å². The number of aromatic carboxylic acids is 1. The van der Waals surface area contributed by atoms with Crippen LogP contribution >= 0.6 is 34.2 Å². The van der Waals surface area contributed by atoms with Gasteiger partial charge in [-0.2, -0.15) is 0 Å². The molecule has 140 valence electrons. The van der Waals surface area contributed by atoms with Crippen LogP contribution in [0.25, 0.3) is 0 Å². The molecular formula is C18H20ClIN2O4. The second-order valence-corrected chi connectivity index (χ2v) is 7.94. The van der Waals surface area contributed by atoms with Gasteiger partial charge in [0, 0.05) is 24.0 Å². The van der Waals surface area contributed by atoms with Gasteiger partial charge in [0.15, 0.2) is 16.3 Å². The first-order valence-corrected chi connectivity index (χ1v) is 9.40. The second kappa shape index (κ2) is 7.96. The third-order valence-corrected chi connectivity index (χ3v) is 5.93. The standard InChI is InChI=1S/C18H20ClIN2O4/c1-10(2)18(3,22-6-5-13(23)12(9-22)17(24)25)8-11-7-14(26-4)15(19)21-16(11)20/h5-7,9-10H,8H2,1-4H3,(H,24,25). The predicted molar refractivity (Wildman–Crippen MR) is 108 cm³/mol. The summed E-state index contributed by atoms with van der Waals surface area (Å²) in [6.07, 6.45) is 3.59. The zero-order valence-corrected chi connectivity index (χ0v) is 17.8. The molecule has 0 saturated carbocycles. The van der Waals surface area contributed by atoms with Crippen molar-refractivity contribution in [3.8, 4) is 5.75 Å². The Morgan fingerprint density at radius 2 is 2.15 bits per heavy atom. The maximum absolute atomic E-state index is 11.8. The van der Waals surface area contributed by atoms with Gasteiger partial charge in [0.2, 0.25) is 0 Å². The van der Waals surface area contributed by atoms with E-state index in [2.05, 4.69) is 27.6 Å². The topological polar surface area (TPSA) is 81.4 Å². The van der Waals surface area contributed by atoms with Crippen LogP contribution in [0, 0.1) is 9.62 Å². The Morgan fingerprint density at radius 1 is 1.50 bits per heavy atom. The summed E-state index contributed by atoms with van der Waals surface area (Å²) < 4.78 is 7.81. The molecule has 1 N–H and O–H groups in total. The summed E-state index contributed by atoms with van der Waals surface area (Å²) in [5.41, 5.74) is -0.318. The average molecular weight is 491 g/mol. The summed E-state index contributed by atoms with van der Waals surface area (Å²) in [5, 5.41) is 9.57. The molecule has 2 heterocycles. The summed E-state index contributed by atoms with van der Waals surface area (Å²) >= 11 is 8.20. The fourth-order valence-corrected chi connectivity index (χ4v) is 3.64. The zero-order chi connectivity index (χ0) is 19.6. The quantitative estimate of drug-likeness (QED) is 0.492. The first-order chi connectivity index (χ1) is 12.1. The predicted octanol–water partition coefficient (Wildman–Crippen LogP) is 3.82. The number of pyridine rings is 2. The number of nitrogens with zero attached hydrogens (tertiary/aromatic N) is 2. The van der Waals surface area contributed by atoms with E-state index in [-0.39, 0.29) is 11.5 Å². The Balaban J connectivity index is 2.57. The molecule has 0 aromatic carbocycles.